The SMILES string of the molecule is N#Cc1cccc(C(=O)N2CCN(CC(=O)Nc3ccc(F)cc3)CC2)c1. The van der Waals surface area contributed by atoms with Crippen LogP contribution in [0.5, 0.6) is 0 Å². The fraction of sp³-hybridized carbons (Fsp3) is 0.250. The summed E-state index contributed by atoms with van der Waals surface area (Å²) in [7, 11) is 0. The van der Waals surface area contributed by atoms with Crippen molar-refractivity contribution in [1.29, 1.82) is 5.26 Å². The summed E-state index contributed by atoms with van der Waals surface area (Å²) in [6, 6.07) is 14.3. The number of carbonyl (C=O) groups excluding carboxylic acids is 2. The molecule has 3 rings (SSSR count). The number of carbonyl (C=O) groups is 2. The van der Waals surface area contributed by atoms with Crippen molar-refractivity contribution in [1.82, 2.24) is 9.80 Å². The molecule has 1 aliphatic rings. The molecule has 6 nitrogen and oxygen atoms in total. The van der Waals surface area contributed by atoms with E-state index in [-0.39, 0.29) is 24.2 Å². The number of nitrogens with one attached hydrogen (secondary N) is 1. The van der Waals surface area contributed by atoms with Gasteiger partial charge in [0, 0.05) is 37.4 Å². The van der Waals surface area contributed by atoms with Gasteiger partial charge in [0.05, 0.1) is 18.2 Å². The fourth-order valence-corrected chi connectivity index (χ4v) is 2.95. The molecule has 0 bridgehead atoms. The van der Waals surface area contributed by atoms with Gasteiger partial charge < -0.3 is 10.2 Å². The number of piperazine rings is 1. The van der Waals surface area contributed by atoms with Crippen LogP contribution in [0, 0.1) is 17.1 Å². The van der Waals surface area contributed by atoms with Gasteiger partial charge >= 0.3 is 0 Å². The minimum absolute atomic E-state index is 0.109. The number of nitriles is 1. The Morgan fingerprint density at radius 2 is 1.78 bits per heavy atom. The summed E-state index contributed by atoms with van der Waals surface area (Å²) < 4.78 is 12.9. The standard InChI is InChI=1S/C20H19FN4O2/c21-17-4-6-18(7-5-17)23-19(26)14-24-8-10-25(11-9-24)20(27)16-3-1-2-15(12-16)13-22/h1-7,12H,8-11,14H2,(H,23,26). The highest BCUT2D eigenvalue weighted by molar-refractivity contribution is 5.95. The molecule has 1 saturated heterocycles. The van der Waals surface area contributed by atoms with Gasteiger partial charge in [-0.3, -0.25) is 14.5 Å². The molecule has 1 fully saturated rings. The van der Waals surface area contributed by atoms with Gasteiger partial charge in [-0.25, -0.2) is 4.39 Å². The molecule has 1 heterocycles. The summed E-state index contributed by atoms with van der Waals surface area (Å²) in [6.45, 7) is 2.41. The maximum absolute atomic E-state index is 12.9. The number of benzene rings is 2. The minimum atomic E-state index is -0.353. The van der Waals surface area contributed by atoms with Gasteiger partial charge in [-0.2, -0.15) is 5.26 Å². The maximum atomic E-state index is 12.9. The zero-order valence-electron chi connectivity index (χ0n) is 14.7. The highest BCUT2D eigenvalue weighted by Crippen LogP contribution is 2.12. The Bertz CT molecular complexity index is 868. The van der Waals surface area contributed by atoms with Crippen molar-refractivity contribution < 1.29 is 14.0 Å². The van der Waals surface area contributed by atoms with Crippen LogP contribution in [0.2, 0.25) is 0 Å². The van der Waals surface area contributed by atoms with E-state index in [0.29, 0.717) is 43.0 Å². The van der Waals surface area contributed by atoms with Crippen molar-refractivity contribution in [3.05, 3.63) is 65.5 Å². The summed E-state index contributed by atoms with van der Waals surface area (Å²) in [5.41, 5.74) is 1.50. The molecule has 2 aromatic rings. The van der Waals surface area contributed by atoms with Crippen LogP contribution in [0.3, 0.4) is 0 Å². The van der Waals surface area contributed by atoms with Crippen molar-refractivity contribution in [3.63, 3.8) is 0 Å². The fourth-order valence-electron chi connectivity index (χ4n) is 2.95. The Labute approximate surface area is 156 Å². The first kappa shape index (κ1) is 18.5. The molecule has 0 aliphatic carbocycles. The minimum Gasteiger partial charge on any atom is -0.336 e. The van der Waals surface area contributed by atoms with E-state index in [0.717, 1.165) is 0 Å². The zero-order chi connectivity index (χ0) is 19.2. The van der Waals surface area contributed by atoms with E-state index in [1.807, 2.05) is 11.0 Å². The zero-order valence-corrected chi connectivity index (χ0v) is 14.7. The highest BCUT2D eigenvalue weighted by atomic mass is 19.1. The van der Waals surface area contributed by atoms with Gasteiger partial charge in [0.2, 0.25) is 5.91 Å². The first-order valence-electron chi connectivity index (χ1n) is 8.62. The lowest BCUT2D eigenvalue weighted by molar-refractivity contribution is -0.117. The second-order valence-electron chi connectivity index (χ2n) is 6.32. The summed E-state index contributed by atoms with van der Waals surface area (Å²) in [5, 5.41) is 11.7. The molecule has 0 radical (unpaired) electrons. The van der Waals surface area contributed by atoms with Crippen molar-refractivity contribution in [3.8, 4) is 6.07 Å². The van der Waals surface area contributed by atoms with Crippen molar-refractivity contribution >= 4 is 17.5 Å². The molecule has 0 atom stereocenters. The molecule has 1 aliphatic heterocycles. The first-order chi connectivity index (χ1) is 13.0. The normalized spacial score (nSPS) is 14.4. The third kappa shape index (κ3) is 4.90. The Balaban J connectivity index is 1.49. The third-order valence-corrected chi connectivity index (χ3v) is 4.39. The summed E-state index contributed by atoms with van der Waals surface area (Å²) in [4.78, 5) is 28.4. The molecule has 0 aromatic heterocycles. The molecule has 2 aromatic carbocycles. The van der Waals surface area contributed by atoms with E-state index >= 15 is 0 Å². The van der Waals surface area contributed by atoms with Gasteiger partial charge in [-0.15, -0.1) is 0 Å². The average molecular weight is 366 g/mol. The number of nitrogens with zero attached hydrogens (tertiary/aromatic N) is 3. The van der Waals surface area contributed by atoms with Crippen LogP contribution in [-0.2, 0) is 4.79 Å². The van der Waals surface area contributed by atoms with Crippen LogP contribution in [-0.4, -0.2) is 54.3 Å². The lowest BCUT2D eigenvalue weighted by Gasteiger charge is -2.34. The van der Waals surface area contributed by atoms with Crippen molar-refractivity contribution in [2.24, 2.45) is 0 Å². The Morgan fingerprint density at radius 3 is 2.44 bits per heavy atom. The lowest BCUT2D eigenvalue weighted by Crippen LogP contribution is -2.50. The monoisotopic (exact) mass is 366 g/mol. The van der Waals surface area contributed by atoms with Crippen molar-refractivity contribution in [2.75, 3.05) is 38.0 Å². The molecule has 2 amide bonds. The lowest BCUT2D eigenvalue weighted by atomic mass is 10.1. The smallest absolute Gasteiger partial charge is 0.253 e. The molecular formula is C20H19FN4O2. The van der Waals surface area contributed by atoms with E-state index < -0.39 is 0 Å². The van der Waals surface area contributed by atoms with Crippen LogP contribution >= 0.6 is 0 Å². The van der Waals surface area contributed by atoms with E-state index in [1.165, 1.54) is 24.3 Å². The number of amides is 2. The maximum Gasteiger partial charge on any atom is 0.253 e. The predicted octanol–water partition coefficient (Wildman–Crippen LogP) is 2.09. The molecule has 0 spiro atoms. The number of rotatable bonds is 4. The molecule has 7 heteroatoms. The van der Waals surface area contributed by atoms with Crippen LogP contribution in [0.1, 0.15) is 15.9 Å². The second-order valence-corrected chi connectivity index (χ2v) is 6.32. The quantitative estimate of drug-likeness (QED) is 0.899. The summed E-state index contributed by atoms with van der Waals surface area (Å²) in [5.74, 6) is -0.639. The summed E-state index contributed by atoms with van der Waals surface area (Å²) >= 11 is 0. The van der Waals surface area contributed by atoms with Crippen LogP contribution in [0.15, 0.2) is 48.5 Å². The van der Waals surface area contributed by atoms with E-state index in [9.17, 15) is 14.0 Å². The second kappa shape index (κ2) is 8.43. The molecule has 27 heavy (non-hydrogen) atoms. The van der Waals surface area contributed by atoms with Crippen LogP contribution in [0.25, 0.3) is 0 Å². The van der Waals surface area contributed by atoms with Gasteiger partial charge in [-0.05, 0) is 42.5 Å². The number of hydrogen-bond donors (Lipinski definition) is 1. The predicted molar refractivity (Wildman–Crippen MR) is 98.5 cm³/mol. The number of anilines is 1. The number of hydrogen-bond acceptors (Lipinski definition) is 4. The van der Waals surface area contributed by atoms with Crippen molar-refractivity contribution in [2.45, 2.75) is 0 Å². The largest absolute Gasteiger partial charge is 0.336 e. The third-order valence-electron chi connectivity index (χ3n) is 4.39. The molecule has 0 unspecified atom stereocenters. The van der Waals surface area contributed by atoms with E-state index in [4.69, 9.17) is 5.26 Å². The first-order valence-corrected chi connectivity index (χ1v) is 8.62. The van der Waals surface area contributed by atoms with E-state index in [2.05, 4.69) is 5.32 Å². The van der Waals surface area contributed by atoms with Crippen LogP contribution in [0.4, 0.5) is 10.1 Å². The molecule has 1 N–H and O–H groups in total. The van der Waals surface area contributed by atoms with Gasteiger partial charge in [0.1, 0.15) is 5.82 Å². The topological polar surface area (TPSA) is 76.4 Å². The summed E-state index contributed by atoms with van der Waals surface area (Å²) in [6.07, 6.45) is 0. The van der Waals surface area contributed by atoms with Gasteiger partial charge in [0.15, 0.2) is 0 Å². The molecule has 0 saturated carbocycles. The van der Waals surface area contributed by atoms with E-state index in [1.54, 1.807) is 29.2 Å². The molecular weight excluding hydrogens is 347 g/mol. The average Bonchev–Trinajstić information content (AvgIpc) is 2.70. The molecule has 138 valence electrons. The highest BCUT2D eigenvalue weighted by Gasteiger charge is 2.23. The Hall–Kier alpha value is -3.24. The number of halogens is 1. The van der Waals surface area contributed by atoms with Crippen LogP contribution < -0.4 is 5.32 Å². The van der Waals surface area contributed by atoms with Gasteiger partial charge in [0.25, 0.3) is 5.91 Å². The Morgan fingerprint density at radius 1 is 1.07 bits per heavy atom. The van der Waals surface area contributed by atoms with Gasteiger partial charge in [-0.1, -0.05) is 6.07 Å². The Kier molecular flexibility index (Phi) is 5.79.